The van der Waals surface area contributed by atoms with E-state index >= 15 is 0 Å². The average molecular weight is 1030 g/mol. The Hall–Kier alpha value is -5.14. The van der Waals surface area contributed by atoms with Crippen LogP contribution in [0, 0.1) is 0 Å². The van der Waals surface area contributed by atoms with E-state index < -0.39 is 63.1 Å². The lowest BCUT2D eigenvalue weighted by atomic mass is 10.0. The van der Waals surface area contributed by atoms with E-state index in [-0.39, 0.29) is 95.1 Å². The molecule has 24 heteroatoms. The maximum atomic E-state index is 13.6. The number of nitrogens with one attached hydrogen (secondary N) is 3. The zero-order valence-corrected chi connectivity index (χ0v) is 40.7. The molecule has 4 aliphatic heterocycles. The predicted octanol–water partition coefficient (Wildman–Crippen LogP) is 3.14. The van der Waals surface area contributed by atoms with Gasteiger partial charge in [0, 0.05) is 64.4 Å². The molecule has 4 saturated heterocycles. The van der Waals surface area contributed by atoms with Crippen LogP contribution in [0.1, 0.15) is 31.9 Å². The topological polar surface area (TPSA) is 254 Å². The first-order chi connectivity index (χ1) is 33.0. The number of piperazine rings is 2. The van der Waals surface area contributed by atoms with Gasteiger partial charge in [-0.25, -0.2) is 16.8 Å². The third-order valence-electron chi connectivity index (χ3n) is 12.7. The van der Waals surface area contributed by atoms with E-state index in [4.69, 9.17) is 37.4 Å². The molecule has 0 saturated carbocycles. The number of hydrogen-bond acceptors (Lipinski definition) is 18. The third kappa shape index (κ3) is 9.84. The number of fused-ring (bicyclic) bond motifs is 2. The summed E-state index contributed by atoms with van der Waals surface area (Å²) in [5, 5.41) is 30.0. The van der Waals surface area contributed by atoms with Crippen molar-refractivity contribution in [3.63, 3.8) is 0 Å². The van der Waals surface area contributed by atoms with Gasteiger partial charge in [0.1, 0.15) is 26.9 Å². The van der Waals surface area contributed by atoms with Crippen molar-refractivity contribution in [3.8, 4) is 17.2 Å². The molecule has 5 aromatic carbocycles. The molecule has 5 N–H and O–H groups in total. The predicted molar refractivity (Wildman–Crippen MR) is 260 cm³/mol. The Bertz CT molecular complexity index is 3090. The summed E-state index contributed by atoms with van der Waals surface area (Å²) >= 11 is 12.5. The van der Waals surface area contributed by atoms with E-state index in [1.54, 1.807) is 6.92 Å². The van der Waals surface area contributed by atoms with E-state index in [1.165, 1.54) is 32.9 Å². The van der Waals surface area contributed by atoms with Crippen molar-refractivity contribution in [2.24, 2.45) is 0 Å². The fourth-order valence-corrected chi connectivity index (χ4v) is 13.0. The van der Waals surface area contributed by atoms with Gasteiger partial charge in [0.15, 0.2) is 17.2 Å². The molecule has 69 heavy (non-hydrogen) atoms. The molecule has 0 spiro atoms. The Labute approximate surface area is 407 Å². The summed E-state index contributed by atoms with van der Waals surface area (Å²) in [5.74, 6) is -1.40. The molecule has 4 fully saturated rings. The molecule has 20 nitrogen and oxygen atoms in total. The van der Waals surface area contributed by atoms with E-state index in [0.29, 0.717) is 45.9 Å². The molecule has 4 aliphatic rings. The number of halogens is 2. The van der Waals surface area contributed by atoms with Crippen molar-refractivity contribution in [2.45, 2.75) is 48.2 Å². The lowest BCUT2D eigenvalue weighted by molar-refractivity contribution is -0.0305. The second kappa shape index (κ2) is 20.7. The zero-order chi connectivity index (χ0) is 49.4. The third-order valence-corrected chi connectivity index (χ3v) is 17.4. The van der Waals surface area contributed by atoms with Gasteiger partial charge in [-0.15, -0.1) is 0 Å². The molecule has 0 aliphatic carbocycles. The zero-order valence-electron chi connectivity index (χ0n) is 37.6. The average Bonchev–Trinajstić information content (AvgIpc) is 3.35. The highest BCUT2D eigenvalue weighted by Crippen LogP contribution is 2.42. The minimum Gasteiger partial charge on any atom is -0.504 e. The molecule has 370 valence electrons. The van der Waals surface area contributed by atoms with Crippen LogP contribution in [0.2, 0.25) is 10.0 Å². The number of phenolic OH excluding ortho intramolecular Hbond substituents is 2. The van der Waals surface area contributed by atoms with E-state index in [0.717, 1.165) is 18.7 Å². The minimum atomic E-state index is -4.17. The fraction of sp³-hybridized carbons (Fsp3) is 0.422. The molecule has 0 amide bonds. The molecule has 0 bridgehead atoms. The smallest absolute Gasteiger partial charge is 0.272 e. The highest BCUT2D eigenvalue weighted by molar-refractivity contribution is 7.89. The van der Waals surface area contributed by atoms with Gasteiger partial charge in [0.25, 0.3) is 21.7 Å². The van der Waals surface area contributed by atoms with Crippen LogP contribution < -0.4 is 42.4 Å². The van der Waals surface area contributed by atoms with Gasteiger partial charge in [-0.3, -0.25) is 29.0 Å². The number of phenols is 2. The van der Waals surface area contributed by atoms with Crippen LogP contribution in [0.5, 0.6) is 17.2 Å². The Morgan fingerprint density at radius 3 is 1.62 bits per heavy atom. The van der Waals surface area contributed by atoms with Crippen LogP contribution in [0.25, 0.3) is 0 Å². The summed E-state index contributed by atoms with van der Waals surface area (Å²) in [6, 6.07) is 14.5. The second-order valence-corrected chi connectivity index (χ2v) is 21.3. The highest BCUT2D eigenvalue weighted by atomic mass is 35.5. The Balaban J connectivity index is 0.000000190. The monoisotopic (exact) mass is 1030 g/mol. The maximum Gasteiger partial charge on any atom is 0.272 e. The van der Waals surface area contributed by atoms with Crippen molar-refractivity contribution >= 4 is 71.7 Å². The molecule has 4 heterocycles. The van der Waals surface area contributed by atoms with E-state index in [9.17, 15) is 46.2 Å². The van der Waals surface area contributed by atoms with Gasteiger partial charge in [-0.1, -0.05) is 60.5 Å². The number of aromatic hydroxyl groups is 2. The van der Waals surface area contributed by atoms with E-state index in [2.05, 4.69) is 25.8 Å². The summed E-state index contributed by atoms with van der Waals surface area (Å²) in [6.45, 7) is 9.35. The molecule has 5 aromatic rings. The van der Waals surface area contributed by atoms with Crippen LogP contribution in [0.3, 0.4) is 0 Å². The Morgan fingerprint density at radius 1 is 0.652 bits per heavy atom. The molecule has 9 rings (SSSR count). The van der Waals surface area contributed by atoms with Gasteiger partial charge in [-0.05, 0) is 43.2 Å². The number of ether oxygens (including phenoxy) is 3. The van der Waals surface area contributed by atoms with Crippen molar-refractivity contribution in [1.82, 2.24) is 18.4 Å². The van der Waals surface area contributed by atoms with Crippen molar-refractivity contribution < 1.29 is 41.3 Å². The Kier molecular flexibility index (Phi) is 15.1. The Morgan fingerprint density at radius 2 is 1.13 bits per heavy atom. The number of anilines is 5. The molecule has 0 radical (unpaired) electrons. The first kappa shape index (κ1) is 50.3. The van der Waals surface area contributed by atoms with Gasteiger partial charge in [0.05, 0.1) is 60.5 Å². The van der Waals surface area contributed by atoms with Crippen molar-refractivity contribution in [1.29, 1.82) is 0 Å². The quantitative estimate of drug-likeness (QED) is 0.0791. The molecule has 3 atom stereocenters. The highest BCUT2D eigenvalue weighted by Gasteiger charge is 2.40. The van der Waals surface area contributed by atoms with Crippen LogP contribution in [-0.4, -0.2) is 143 Å². The number of nitrogens with zero attached hydrogens (tertiary/aromatic N) is 4. The van der Waals surface area contributed by atoms with Gasteiger partial charge >= 0.3 is 0 Å². The van der Waals surface area contributed by atoms with Crippen LogP contribution in [0.15, 0.2) is 83.6 Å². The molecular formula is C45H51Cl2N7O13S2. The molecule has 0 aromatic heterocycles. The molecular weight excluding hydrogens is 982 g/mol. The standard InChI is InChI=1S/C26H29ClN4O6S.C19H22ClN3O7S/c1-2-19(16-6-4-3-5-7-16)28-21-22(25(34)24(21)33)29-20-9-8-18(27)26(23(20)32)38(35,36)31-11-10-30-12-13-37-15-17(30)14-31;1-2-30-18-14(16(25)17(18)26)21-13-4-3-12(20)19(15(13)24)31(27,28)23-6-5-22-7-8-29-10-11(22)9-23/h3-9,17,19,28-29,32H,2,10-15H2,1H3;3-4,11,21,24H,2,5-10H2,1H3/t17?,19-;/m1./s1. The maximum absolute atomic E-state index is 13.6. The first-order valence-corrected chi connectivity index (χ1v) is 25.9. The van der Waals surface area contributed by atoms with Crippen LogP contribution in [-0.2, 0) is 29.5 Å². The lowest BCUT2D eigenvalue weighted by Crippen LogP contribution is -2.59. The van der Waals surface area contributed by atoms with Gasteiger partial charge < -0.3 is 40.4 Å². The fourth-order valence-electron chi connectivity index (χ4n) is 8.88. The number of rotatable bonds is 14. The second-order valence-electron chi connectivity index (χ2n) is 16.8. The first-order valence-electron chi connectivity index (χ1n) is 22.3. The normalized spacial score (nSPS) is 20.1. The number of sulfonamides is 2. The van der Waals surface area contributed by atoms with Gasteiger partial charge in [-0.2, -0.15) is 8.61 Å². The van der Waals surface area contributed by atoms with Crippen molar-refractivity contribution in [2.75, 3.05) is 101 Å². The molecule has 2 unspecified atom stereocenters. The largest absolute Gasteiger partial charge is 0.504 e. The van der Waals surface area contributed by atoms with Crippen LogP contribution >= 0.6 is 23.2 Å². The summed E-state index contributed by atoms with van der Waals surface area (Å²) in [7, 11) is -8.31. The number of morpholine rings is 2. The van der Waals surface area contributed by atoms with Crippen LogP contribution in [0.4, 0.5) is 28.4 Å². The minimum absolute atomic E-state index is 0.0432. The lowest BCUT2D eigenvalue weighted by Gasteiger charge is -2.43. The summed E-state index contributed by atoms with van der Waals surface area (Å²) in [4.78, 5) is 51.9. The van der Waals surface area contributed by atoms with Crippen molar-refractivity contribution in [3.05, 3.63) is 111 Å². The summed E-state index contributed by atoms with van der Waals surface area (Å²) < 4.78 is 72.6. The van der Waals surface area contributed by atoms with Gasteiger partial charge in [0.2, 0.25) is 20.0 Å². The van der Waals surface area contributed by atoms with E-state index in [1.807, 2.05) is 37.3 Å². The number of benzene rings is 3. The summed E-state index contributed by atoms with van der Waals surface area (Å²) in [5.41, 5.74) is -2.31. The summed E-state index contributed by atoms with van der Waals surface area (Å²) in [6.07, 6.45) is 0.649. The number of hydrogen-bond donors (Lipinski definition) is 5. The SMILES string of the molecule is CCOc1c(Nc2ccc(Cl)c(S(=O)(=O)N3CCN4CCOCC4C3)c2O)c(=O)c1=O.CC[C@@H](Nc1c(Nc2ccc(Cl)c(S(=O)(=O)N3CCN4CCOCC4C3)c2O)c(=O)c1=O)c1ccccc1.